The number of hydrogen-bond acceptors (Lipinski definition) is 2. The number of nitrogens with zero attached hydrogens (tertiary/aromatic N) is 1. The maximum absolute atomic E-state index is 12.0. The van der Waals surface area contributed by atoms with Gasteiger partial charge in [0.2, 0.25) is 10.0 Å². The standard InChI is InChI=1S/C11H20BrNO2S/c1-9-6-7-13(16(14,15)8-12)11-5-3-2-4-10(9)11/h9-11H,2-8H2,1H3. The van der Waals surface area contributed by atoms with Crippen LogP contribution in [0.15, 0.2) is 0 Å². The van der Waals surface area contributed by atoms with Crippen molar-refractivity contribution >= 4 is 26.0 Å². The third kappa shape index (κ3) is 2.31. The largest absolute Gasteiger partial charge is 0.224 e. The van der Waals surface area contributed by atoms with Crippen molar-refractivity contribution in [3.05, 3.63) is 0 Å². The van der Waals surface area contributed by atoms with E-state index in [0.717, 1.165) is 19.4 Å². The first-order valence-corrected chi connectivity index (χ1v) is 8.85. The van der Waals surface area contributed by atoms with E-state index in [1.54, 1.807) is 4.31 Å². The molecule has 1 heterocycles. The predicted octanol–water partition coefficient (Wildman–Crippen LogP) is 2.57. The lowest BCUT2D eigenvalue weighted by Crippen LogP contribution is -2.52. The molecule has 94 valence electrons. The van der Waals surface area contributed by atoms with Crippen molar-refractivity contribution in [3.63, 3.8) is 0 Å². The fourth-order valence-electron chi connectivity index (χ4n) is 3.28. The SMILES string of the molecule is CC1CCN(S(=O)(=O)CBr)C2CCCCC12. The number of sulfonamides is 1. The zero-order valence-corrected chi connectivity index (χ0v) is 12.1. The summed E-state index contributed by atoms with van der Waals surface area (Å²) in [5, 5.41) is 0. The van der Waals surface area contributed by atoms with Crippen molar-refractivity contribution in [2.24, 2.45) is 11.8 Å². The lowest BCUT2D eigenvalue weighted by molar-refractivity contribution is 0.0831. The molecule has 3 unspecified atom stereocenters. The van der Waals surface area contributed by atoms with E-state index in [0.29, 0.717) is 11.8 Å². The van der Waals surface area contributed by atoms with Gasteiger partial charge in [-0.15, -0.1) is 0 Å². The van der Waals surface area contributed by atoms with Crippen LogP contribution in [0.4, 0.5) is 0 Å². The number of fused-ring (bicyclic) bond motifs is 1. The van der Waals surface area contributed by atoms with Gasteiger partial charge >= 0.3 is 0 Å². The van der Waals surface area contributed by atoms with Crippen molar-refractivity contribution in [1.29, 1.82) is 0 Å². The summed E-state index contributed by atoms with van der Waals surface area (Å²) < 4.78 is 25.8. The molecule has 3 nitrogen and oxygen atoms in total. The van der Waals surface area contributed by atoms with E-state index in [9.17, 15) is 8.42 Å². The number of piperidine rings is 1. The second-order valence-corrected chi connectivity index (χ2v) is 8.34. The molecule has 0 radical (unpaired) electrons. The number of alkyl halides is 1. The Balaban J connectivity index is 2.21. The number of hydrogen-bond donors (Lipinski definition) is 0. The summed E-state index contributed by atoms with van der Waals surface area (Å²) in [5.74, 6) is 1.28. The van der Waals surface area contributed by atoms with Gasteiger partial charge in [-0.2, -0.15) is 4.31 Å². The first-order valence-electron chi connectivity index (χ1n) is 6.12. The molecule has 1 saturated carbocycles. The van der Waals surface area contributed by atoms with E-state index in [2.05, 4.69) is 22.9 Å². The minimum atomic E-state index is -3.07. The van der Waals surface area contributed by atoms with Gasteiger partial charge in [-0.25, -0.2) is 8.42 Å². The lowest BCUT2D eigenvalue weighted by Gasteiger charge is -2.46. The Morgan fingerprint density at radius 3 is 2.62 bits per heavy atom. The second-order valence-electron chi connectivity index (χ2n) is 5.11. The van der Waals surface area contributed by atoms with Crippen LogP contribution in [0.1, 0.15) is 39.0 Å². The van der Waals surface area contributed by atoms with E-state index in [1.165, 1.54) is 19.3 Å². The Labute approximate surface area is 107 Å². The quantitative estimate of drug-likeness (QED) is 0.735. The molecule has 1 aliphatic carbocycles. The van der Waals surface area contributed by atoms with Gasteiger partial charge in [0.15, 0.2) is 0 Å². The van der Waals surface area contributed by atoms with Crippen LogP contribution in [0, 0.1) is 11.8 Å². The highest BCUT2D eigenvalue weighted by Gasteiger charge is 2.41. The summed E-state index contributed by atoms with van der Waals surface area (Å²) in [7, 11) is -3.07. The average Bonchev–Trinajstić information content (AvgIpc) is 2.29. The van der Waals surface area contributed by atoms with Gasteiger partial charge in [-0.1, -0.05) is 35.7 Å². The van der Waals surface area contributed by atoms with E-state index in [4.69, 9.17) is 0 Å². The Hall–Kier alpha value is 0.390. The first kappa shape index (κ1) is 12.8. The molecular formula is C11H20BrNO2S. The summed E-state index contributed by atoms with van der Waals surface area (Å²) in [6.07, 6.45) is 5.74. The molecule has 0 aromatic heterocycles. The molecule has 0 spiro atoms. The van der Waals surface area contributed by atoms with Gasteiger partial charge in [-0.3, -0.25) is 0 Å². The predicted molar refractivity (Wildman–Crippen MR) is 68.9 cm³/mol. The smallest absolute Gasteiger partial charge is 0.211 e. The normalized spacial score (nSPS) is 37.0. The van der Waals surface area contributed by atoms with E-state index in [1.807, 2.05) is 0 Å². The van der Waals surface area contributed by atoms with Gasteiger partial charge in [0.1, 0.15) is 4.66 Å². The third-order valence-electron chi connectivity index (χ3n) is 4.18. The van der Waals surface area contributed by atoms with E-state index < -0.39 is 10.0 Å². The molecule has 2 aliphatic rings. The fourth-order valence-corrected chi connectivity index (χ4v) is 5.25. The Morgan fingerprint density at radius 1 is 1.25 bits per heavy atom. The van der Waals surface area contributed by atoms with Crippen molar-refractivity contribution in [1.82, 2.24) is 4.31 Å². The fraction of sp³-hybridized carbons (Fsp3) is 1.00. The Bertz CT molecular complexity index is 344. The van der Waals surface area contributed by atoms with Gasteiger partial charge < -0.3 is 0 Å². The van der Waals surface area contributed by atoms with Gasteiger partial charge in [0.25, 0.3) is 0 Å². The molecule has 0 aromatic rings. The minimum absolute atomic E-state index is 0.0671. The molecule has 1 aliphatic heterocycles. The van der Waals surface area contributed by atoms with Crippen LogP contribution in [0.2, 0.25) is 0 Å². The van der Waals surface area contributed by atoms with E-state index in [-0.39, 0.29) is 10.7 Å². The van der Waals surface area contributed by atoms with Crippen LogP contribution in [0.25, 0.3) is 0 Å². The number of halogens is 1. The van der Waals surface area contributed by atoms with Crippen LogP contribution in [0.5, 0.6) is 0 Å². The van der Waals surface area contributed by atoms with Gasteiger partial charge in [-0.05, 0) is 31.1 Å². The highest BCUT2D eigenvalue weighted by Crippen LogP contribution is 2.40. The van der Waals surface area contributed by atoms with Gasteiger partial charge in [0.05, 0.1) is 0 Å². The highest BCUT2D eigenvalue weighted by atomic mass is 79.9. The average molecular weight is 310 g/mol. The lowest BCUT2D eigenvalue weighted by atomic mass is 9.74. The van der Waals surface area contributed by atoms with Crippen LogP contribution in [-0.4, -0.2) is 30.0 Å². The number of rotatable bonds is 2. The Kier molecular flexibility index (Phi) is 3.97. The van der Waals surface area contributed by atoms with Crippen molar-refractivity contribution in [3.8, 4) is 0 Å². The molecule has 2 fully saturated rings. The summed E-state index contributed by atoms with van der Waals surface area (Å²) in [6.45, 7) is 3.00. The molecule has 0 amide bonds. The maximum Gasteiger partial charge on any atom is 0.224 e. The minimum Gasteiger partial charge on any atom is -0.211 e. The summed E-state index contributed by atoms with van der Waals surface area (Å²) >= 11 is 3.11. The van der Waals surface area contributed by atoms with Crippen molar-refractivity contribution in [2.45, 2.75) is 45.1 Å². The topological polar surface area (TPSA) is 37.4 Å². The zero-order chi connectivity index (χ0) is 11.8. The van der Waals surface area contributed by atoms with Crippen LogP contribution >= 0.6 is 15.9 Å². The maximum atomic E-state index is 12.0. The molecule has 0 bridgehead atoms. The molecule has 2 rings (SSSR count). The molecule has 5 heteroatoms. The monoisotopic (exact) mass is 309 g/mol. The summed E-state index contributed by atoms with van der Waals surface area (Å²) in [6, 6.07) is 0.278. The Morgan fingerprint density at radius 2 is 1.94 bits per heavy atom. The molecule has 0 aromatic carbocycles. The van der Waals surface area contributed by atoms with E-state index >= 15 is 0 Å². The summed E-state index contributed by atoms with van der Waals surface area (Å²) in [4.78, 5) is 0. The third-order valence-corrected chi connectivity index (χ3v) is 7.36. The van der Waals surface area contributed by atoms with Crippen molar-refractivity contribution < 1.29 is 8.42 Å². The zero-order valence-electron chi connectivity index (χ0n) is 9.73. The van der Waals surface area contributed by atoms with Crippen LogP contribution < -0.4 is 0 Å². The summed E-state index contributed by atoms with van der Waals surface area (Å²) in [5.41, 5.74) is 0. The highest BCUT2D eigenvalue weighted by molar-refractivity contribution is 9.10. The van der Waals surface area contributed by atoms with Crippen molar-refractivity contribution in [2.75, 3.05) is 11.2 Å². The molecular weight excluding hydrogens is 290 g/mol. The molecule has 0 N–H and O–H groups in total. The van der Waals surface area contributed by atoms with Gasteiger partial charge in [0, 0.05) is 12.6 Å². The molecule has 1 saturated heterocycles. The second kappa shape index (κ2) is 4.94. The molecule has 16 heavy (non-hydrogen) atoms. The molecule has 3 atom stereocenters. The first-order chi connectivity index (χ1) is 7.56. The van der Waals surface area contributed by atoms with Crippen LogP contribution in [-0.2, 0) is 10.0 Å². The van der Waals surface area contributed by atoms with Crippen LogP contribution in [0.3, 0.4) is 0 Å².